The van der Waals surface area contributed by atoms with Gasteiger partial charge in [-0.3, -0.25) is 14.3 Å². The zero-order valence-electron chi connectivity index (χ0n) is 24.5. The standard InChI is InChI=1S/C32H33N5O7/c1-21-18-37(30(39)35-29(21)38)28-17-31(40,20-34-36-33)27(44-28)19-43-32(22-7-5-4-6-8-22,23-9-13-25(41-2)14-10-23)24-11-15-26(42-3)16-12-24/h4-16,18,27-28,40H,17,19-20H2,1-3H3,(H,35,38,39)/t27-,28-,31-/m1/s1. The number of nitrogens with zero attached hydrogens (tertiary/aromatic N) is 4. The Bertz CT molecular complexity index is 1700. The minimum absolute atomic E-state index is 0.0884. The summed E-state index contributed by atoms with van der Waals surface area (Å²) < 4.78 is 25.2. The molecule has 5 rings (SSSR count). The van der Waals surface area contributed by atoms with E-state index in [-0.39, 0.29) is 19.6 Å². The Morgan fingerprint density at radius 3 is 2.11 bits per heavy atom. The van der Waals surface area contributed by atoms with Gasteiger partial charge in [-0.2, -0.15) is 0 Å². The van der Waals surface area contributed by atoms with Gasteiger partial charge in [0.1, 0.15) is 35.0 Å². The van der Waals surface area contributed by atoms with Gasteiger partial charge in [0.15, 0.2) is 0 Å². The Hall–Kier alpha value is -4.87. The molecular weight excluding hydrogens is 566 g/mol. The summed E-state index contributed by atoms with van der Waals surface area (Å²) in [4.78, 5) is 29.8. The average Bonchev–Trinajstić information content (AvgIpc) is 3.38. The van der Waals surface area contributed by atoms with Crippen LogP contribution in [0.15, 0.2) is 99.8 Å². The second kappa shape index (κ2) is 12.8. The molecule has 1 fully saturated rings. The van der Waals surface area contributed by atoms with Crippen LogP contribution < -0.4 is 20.7 Å². The maximum Gasteiger partial charge on any atom is 0.330 e. The summed E-state index contributed by atoms with van der Waals surface area (Å²) in [6, 6.07) is 24.6. The predicted octanol–water partition coefficient (Wildman–Crippen LogP) is 4.20. The van der Waals surface area contributed by atoms with Gasteiger partial charge >= 0.3 is 5.69 Å². The Morgan fingerprint density at radius 2 is 1.57 bits per heavy atom. The number of aromatic nitrogens is 2. The van der Waals surface area contributed by atoms with Crippen molar-refractivity contribution in [3.05, 3.63) is 139 Å². The predicted molar refractivity (Wildman–Crippen MR) is 162 cm³/mol. The van der Waals surface area contributed by atoms with Gasteiger partial charge in [-0.25, -0.2) is 4.79 Å². The third-order valence-corrected chi connectivity index (χ3v) is 7.94. The molecule has 12 heteroatoms. The molecule has 2 heterocycles. The number of ether oxygens (including phenoxy) is 4. The van der Waals surface area contributed by atoms with Crippen LogP contribution in [0, 0.1) is 6.92 Å². The molecule has 44 heavy (non-hydrogen) atoms. The summed E-state index contributed by atoms with van der Waals surface area (Å²) in [5.41, 5.74) is 7.63. The number of H-pyrrole nitrogens is 1. The highest BCUT2D eigenvalue weighted by Crippen LogP contribution is 2.44. The molecule has 0 aliphatic carbocycles. The van der Waals surface area contributed by atoms with Crippen LogP contribution in [0.1, 0.15) is 34.9 Å². The second-order valence-electron chi connectivity index (χ2n) is 10.6. The Balaban J connectivity index is 1.61. The number of nitrogens with one attached hydrogen (secondary N) is 1. The maximum atomic E-state index is 12.7. The van der Waals surface area contributed by atoms with Crippen LogP contribution >= 0.6 is 0 Å². The van der Waals surface area contributed by atoms with Gasteiger partial charge in [0.2, 0.25) is 0 Å². The normalized spacial score (nSPS) is 19.7. The number of rotatable bonds is 11. The van der Waals surface area contributed by atoms with Crippen LogP contribution in [0.3, 0.4) is 0 Å². The summed E-state index contributed by atoms with van der Waals surface area (Å²) in [5, 5.41) is 15.4. The minimum atomic E-state index is -1.69. The van der Waals surface area contributed by atoms with Gasteiger partial charge in [-0.05, 0) is 53.4 Å². The van der Waals surface area contributed by atoms with Crippen molar-refractivity contribution in [2.24, 2.45) is 5.11 Å². The molecule has 1 saturated heterocycles. The Kier molecular flexibility index (Phi) is 8.88. The van der Waals surface area contributed by atoms with Crippen LogP contribution in [-0.2, 0) is 15.1 Å². The third-order valence-electron chi connectivity index (χ3n) is 7.94. The van der Waals surface area contributed by atoms with Crippen LogP contribution in [0.5, 0.6) is 11.5 Å². The van der Waals surface area contributed by atoms with E-state index in [0.29, 0.717) is 17.1 Å². The van der Waals surface area contributed by atoms with E-state index >= 15 is 0 Å². The van der Waals surface area contributed by atoms with Crippen molar-refractivity contribution in [2.75, 3.05) is 27.4 Å². The number of aliphatic hydroxyl groups is 1. The minimum Gasteiger partial charge on any atom is -0.497 e. The number of benzene rings is 3. The SMILES string of the molecule is COc1ccc(C(OC[C@H]2O[C@@H](n3cc(C)c(=O)[nH]c3=O)C[C@@]2(O)CN=[N+]=[N-])(c2ccccc2)c2ccc(OC)cc2)cc1. The number of aromatic amines is 1. The van der Waals surface area contributed by atoms with Gasteiger partial charge < -0.3 is 24.1 Å². The van der Waals surface area contributed by atoms with Crippen molar-refractivity contribution in [1.29, 1.82) is 0 Å². The van der Waals surface area contributed by atoms with Crippen molar-refractivity contribution in [3.63, 3.8) is 0 Å². The lowest BCUT2D eigenvalue weighted by molar-refractivity contribution is -0.118. The van der Waals surface area contributed by atoms with Gasteiger partial charge in [-0.15, -0.1) is 0 Å². The summed E-state index contributed by atoms with van der Waals surface area (Å²) in [6.07, 6.45) is -0.698. The zero-order valence-corrected chi connectivity index (χ0v) is 24.5. The van der Waals surface area contributed by atoms with E-state index < -0.39 is 34.8 Å². The molecule has 1 aromatic heterocycles. The van der Waals surface area contributed by atoms with Crippen molar-refractivity contribution in [3.8, 4) is 11.5 Å². The van der Waals surface area contributed by atoms with Gasteiger partial charge in [0.05, 0.1) is 27.4 Å². The highest BCUT2D eigenvalue weighted by molar-refractivity contribution is 5.49. The average molecular weight is 600 g/mol. The van der Waals surface area contributed by atoms with Crippen LogP contribution in [-0.4, -0.2) is 53.7 Å². The lowest BCUT2D eigenvalue weighted by Crippen LogP contribution is -2.46. The largest absolute Gasteiger partial charge is 0.497 e. The first-order chi connectivity index (χ1) is 21.2. The highest BCUT2D eigenvalue weighted by atomic mass is 16.6. The molecule has 12 nitrogen and oxygen atoms in total. The first-order valence-electron chi connectivity index (χ1n) is 13.9. The first kappa shape index (κ1) is 30.6. The molecule has 0 bridgehead atoms. The molecule has 1 aliphatic heterocycles. The number of hydrogen-bond donors (Lipinski definition) is 2. The fourth-order valence-electron chi connectivity index (χ4n) is 5.55. The van der Waals surface area contributed by atoms with E-state index in [1.54, 1.807) is 21.1 Å². The van der Waals surface area contributed by atoms with Gasteiger partial charge in [0, 0.05) is 23.1 Å². The molecular formula is C32H33N5O7. The molecule has 3 aromatic carbocycles. The highest BCUT2D eigenvalue weighted by Gasteiger charge is 2.50. The number of azide groups is 1. The number of aryl methyl sites for hydroxylation is 1. The molecule has 2 N–H and O–H groups in total. The Morgan fingerprint density at radius 1 is 1.00 bits per heavy atom. The molecule has 1 aliphatic rings. The monoisotopic (exact) mass is 599 g/mol. The molecule has 3 atom stereocenters. The van der Waals surface area contributed by atoms with Crippen molar-refractivity contribution in [2.45, 2.75) is 36.9 Å². The zero-order chi connectivity index (χ0) is 31.3. The lowest BCUT2D eigenvalue weighted by atomic mass is 9.79. The summed E-state index contributed by atoms with van der Waals surface area (Å²) in [6.45, 7) is 1.07. The van der Waals surface area contributed by atoms with Gasteiger partial charge in [0.25, 0.3) is 5.56 Å². The lowest BCUT2D eigenvalue weighted by Gasteiger charge is -2.38. The first-order valence-corrected chi connectivity index (χ1v) is 13.9. The van der Waals surface area contributed by atoms with E-state index in [2.05, 4.69) is 15.0 Å². The molecule has 4 aromatic rings. The molecule has 0 amide bonds. The maximum absolute atomic E-state index is 12.7. The molecule has 0 unspecified atom stereocenters. The second-order valence-corrected chi connectivity index (χ2v) is 10.6. The van der Waals surface area contributed by atoms with E-state index in [1.165, 1.54) is 10.8 Å². The summed E-state index contributed by atoms with van der Waals surface area (Å²) in [7, 11) is 3.18. The fraction of sp³-hybridized carbons (Fsp3) is 0.312. The van der Waals surface area contributed by atoms with Crippen LogP contribution in [0.4, 0.5) is 0 Å². The van der Waals surface area contributed by atoms with E-state index in [9.17, 15) is 14.7 Å². The van der Waals surface area contributed by atoms with E-state index in [4.69, 9.17) is 24.5 Å². The quantitative estimate of drug-likeness (QED) is 0.113. The topological polar surface area (TPSA) is 161 Å². The van der Waals surface area contributed by atoms with E-state index in [1.807, 2.05) is 78.9 Å². The fourth-order valence-corrected chi connectivity index (χ4v) is 5.55. The van der Waals surface area contributed by atoms with Gasteiger partial charge in [-0.1, -0.05) is 59.7 Å². The van der Waals surface area contributed by atoms with Crippen LogP contribution in [0.2, 0.25) is 0 Å². The molecule has 0 saturated carbocycles. The summed E-state index contributed by atoms with van der Waals surface area (Å²) >= 11 is 0. The van der Waals surface area contributed by atoms with Crippen molar-refractivity contribution < 1.29 is 24.1 Å². The third kappa shape index (κ3) is 5.84. The van der Waals surface area contributed by atoms with Crippen molar-refractivity contribution >= 4 is 0 Å². The summed E-state index contributed by atoms with van der Waals surface area (Å²) in [5.74, 6) is 1.33. The molecule has 0 radical (unpaired) electrons. The van der Waals surface area contributed by atoms with Crippen molar-refractivity contribution in [1.82, 2.24) is 9.55 Å². The molecule has 228 valence electrons. The smallest absolute Gasteiger partial charge is 0.330 e. The Labute approximate surface area is 253 Å². The number of hydrogen-bond acceptors (Lipinski definition) is 8. The van der Waals surface area contributed by atoms with E-state index in [0.717, 1.165) is 16.7 Å². The van der Waals surface area contributed by atoms with Crippen LogP contribution in [0.25, 0.3) is 10.4 Å². The number of methoxy groups -OCH3 is 2. The molecule has 0 spiro atoms.